The van der Waals surface area contributed by atoms with Crippen LogP contribution in [0.15, 0.2) is 11.6 Å². The van der Waals surface area contributed by atoms with E-state index in [2.05, 4.69) is 32.6 Å². The number of morpholine rings is 1. The fraction of sp³-hybridized carbons (Fsp3) is 0.786. The second-order valence-electron chi connectivity index (χ2n) is 6.18. The van der Waals surface area contributed by atoms with Crippen LogP contribution >= 0.6 is 0 Å². The average Bonchev–Trinajstić information content (AvgIpc) is 2.12. The molecule has 0 aromatic carbocycles. The summed E-state index contributed by atoms with van der Waals surface area (Å²) in [7, 11) is 0. The predicted molar refractivity (Wildman–Crippen MR) is 71.7 cm³/mol. The van der Waals surface area contributed by atoms with Crippen LogP contribution in [-0.4, -0.2) is 46.8 Å². The Labute approximate surface area is 110 Å². The van der Waals surface area contributed by atoms with Gasteiger partial charge in [0.15, 0.2) is 0 Å². The van der Waals surface area contributed by atoms with Crippen molar-refractivity contribution in [1.82, 2.24) is 4.90 Å². The van der Waals surface area contributed by atoms with Gasteiger partial charge in [-0.15, -0.1) is 0 Å². The lowest BCUT2D eigenvalue weighted by Gasteiger charge is -2.47. The van der Waals surface area contributed by atoms with E-state index in [1.165, 1.54) is 0 Å². The van der Waals surface area contributed by atoms with E-state index in [9.17, 15) is 4.79 Å². The summed E-state index contributed by atoms with van der Waals surface area (Å²) in [6, 6.07) is 0. The van der Waals surface area contributed by atoms with Crippen molar-refractivity contribution in [3.63, 3.8) is 0 Å². The first-order valence-corrected chi connectivity index (χ1v) is 6.50. The number of nitrogens with zero attached hydrogens (tertiary/aromatic N) is 1. The summed E-state index contributed by atoms with van der Waals surface area (Å²) >= 11 is 0. The molecule has 1 fully saturated rings. The molecule has 0 unspecified atom stereocenters. The molecule has 4 heteroatoms. The van der Waals surface area contributed by atoms with Gasteiger partial charge in [0, 0.05) is 25.2 Å². The van der Waals surface area contributed by atoms with Gasteiger partial charge >= 0.3 is 5.97 Å². The summed E-state index contributed by atoms with van der Waals surface area (Å²) in [5.41, 5.74) is 0.105. The molecule has 18 heavy (non-hydrogen) atoms. The molecule has 0 amide bonds. The maximum absolute atomic E-state index is 10.9. The highest BCUT2D eigenvalue weighted by Crippen LogP contribution is 2.27. The zero-order chi connectivity index (χ0) is 14.0. The fourth-order valence-electron chi connectivity index (χ4n) is 2.70. The Bertz CT molecular complexity index is 329. The topological polar surface area (TPSA) is 49.8 Å². The minimum Gasteiger partial charge on any atom is -0.478 e. The zero-order valence-electron chi connectivity index (χ0n) is 12.1. The van der Waals surface area contributed by atoms with Gasteiger partial charge in [-0.2, -0.15) is 0 Å². The van der Waals surface area contributed by atoms with Crippen LogP contribution in [0.25, 0.3) is 0 Å². The molecule has 0 saturated carbocycles. The van der Waals surface area contributed by atoms with E-state index in [0.29, 0.717) is 18.5 Å². The first-order chi connectivity index (χ1) is 8.15. The Morgan fingerprint density at radius 3 is 2.17 bits per heavy atom. The van der Waals surface area contributed by atoms with E-state index >= 15 is 0 Å². The van der Waals surface area contributed by atoms with Gasteiger partial charge in [-0.25, -0.2) is 4.79 Å². The quantitative estimate of drug-likeness (QED) is 0.783. The van der Waals surface area contributed by atoms with Crippen LogP contribution in [-0.2, 0) is 9.53 Å². The molecule has 1 N–H and O–H groups in total. The highest BCUT2D eigenvalue weighted by Gasteiger charge is 2.37. The van der Waals surface area contributed by atoms with Gasteiger partial charge in [0.25, 0.3) is 0 Å². The molecule has 1 heterocycles. The number of rotatable bonds is 4. The Morgan fingerprint density at radius 2 is 1.78 bits per heavy atom. The van der Waals surface area contributed by atoms with Crippen LogP contribution in [0.5, 0.6) is 0 Å². The van der Waals surface area contributed by atoms with Gasteiger partial charge in [0.1, 0.15) is 0 Å². The Morgan fingerprint density at radius 1 is 1.28 bits per heavy atom. The molecule has 1 saturated heterocycles. The largest absolute Gasteiger partial charge is 0.478 e. The Hall–Kier alpha value is -0.870. The summed E-state index contributed by atoms with van der Waals surface area (Å²) in [5.74, 6) is -0.815. The molecule has 0 aliphatic carbocycles. The van der Waals surface area contributed by atoms with E-state index < -0.39 is 5.97 Å². The molecule has 0 bridgehead atoms. The summed E-state index contributed by atoms with van der Waals surface area (Å²) in [5, 5.41) is 9.00. The van der Waals surface area contributed by atoms with Gasteiger partial charge < -0.3 is 9.84 Å². The molecule has 4 nitrogen and oxygen atoms in total. The molecule has 1 aliphatic heterocycles. The SMILES string of the molecule is CCC(=CCN1CC(C)(C)OC(C)(C)C1)C(=O)O. The third-order valence-electron chi connectivity index (χ3n) is 3.01. The van der Waals surface area contributed by atoms with Crippen molar-refractivity contribution < 1.29 is 14.6 Å². The van der Waals surface area contributed by atoms with Gasteiger partial charge in [-0.3, -0.25) is 4.90 Å². The van der Waals surface area contributed by atoms with Crippen molar-refractivity contribution in [2.75, 3.05) is 19.6 Å². The van der Waals surface area contributed by atoms with E-state index in [0.717, 1.165) is 13.1 Å². The number of carbonyl (C=O) groups is 1. The Kier molecular flexibility index (Phi) is 4.56. The highest BCUT2D eigenvalue weighted by molar-refractivity contribution is 5.86. The number of hydrogen-bond donors (Lipinski definition) is 1. The number of carboxylic acid groups (broad SMARTS) is 1. The Balaban J connectivity index is 2.70. The van der Waals surface area contributed by atoms with Crippen LogP contribution in [0.4, 0.5) is 0 Å². The van der Waals surface area contributed by atoms with Crippen molar-refractivity contribution in [1.29, 1.82) is 0 Å². The second-order valence-corrected chi connectivity index (χ2v) is 6.18. The van der Waals surface area contributed by atoms with Crippen LogP contribution in [0.2, 0.25) is 0 Å². The molecule has 0 spiro atoms. The first kappa shape index (κ1) is 15.2. The second kappa shape index (κ2) is 5.41. The van der Waals surface area contributed by atoms with Crippen molar-refractivity contribution in [3.8, 4) is 0 Å². The number of aliphatic carboxylic acids is 1. The molecule has 0 radical (unpaired) electrons. The third kappa shape index (κ3) is 4.42. The maximum atomic E-state index is 10.9. The normalized spacial score (nSPS) is 23.9. The molecular formula is C14H25NO3. The lowest BCUT2D eigenvalue weighted by atomic mass is 9.99. The maximum Gasteiger partial charge on any atom is 0.331 e. The van der Waals surface area contributed by atoms with Crippen molar-refractivity contribution in [2.24, 2.45) is 0 Å². The van der Waals surface area contributed by atoms with Gasteiger partial charge in [-0.05, 0) is 34.1 Å². The van der Waals surface area contributed by atoms with Crippen LogP contribution in [0.1, 0.15) is 41.0 Å². The fourth-order valence-corrected chi connectivity index (χ4v) is 2.70. The summed E-state index contributed by atoms with van der Waals surface area (Å²) in [4.78, 5) is 13.2. The molecular weight excluding hydrogens is 230 g/mol. The standard InChI is InChI=1S/C14H25NO3/c1-6-11(12(16)17)7-8-15-9-13(2,3)18-14(4,5)10-15/h7H,6,8-10H2,1-5H3,(H,16,17). The summed E-state index contributed by atoms with van der Waals surface area (Å²) in [6.07, 6.45) is 2.38. The molecule has 0 aromatic rings. The van der Waals surface area contributed by atoms with E-state index in [-0.39, 0.29) is 11.2 Å². The smallest absolute Gasteiger partial charge is 0.331 e. The molecule has 1 aliphatic rings. The summed E-state index contributed by atoms with van der Waals surface area (Å²) < 4.78 is 5.99. The monoisotopic (exact) mass is 255 g/mol. The lowest BCUT2D eigenvalue weighted by molar-refractivity contribution is -0.178. The zero-order valence-corrected chi connectivity index (χ0v) is 12.1. The van der Waals surface area contributed by atoms with Crippen LogP contribution in [0, 0.1) is 0 Å². The highest BCUT2D eigenvalue weighted by atomic mass is 16.5. The number of ether oxygens (including phenoxy) is 1. The van der Waals surface area contributed by atoms with Crippen LogP contribution < -0.4 is 0 Å². The molecule has 104 valence electrons. The minimum atomic E-state index is -0.815. The molecule has 0 aromatic heterocycles. The lowest BCUT2D eigenvalue weighted by Crippen LogP contribution is -2.57. The molecule has 0 atom stereocenters. The van der Waals surface area contributed by atoms with E-state index in [1.54, 1.807) is 0 Å². The first-order valence-electron chi connectivity index (χ1n) is 6.50. The van der Waals surface area contributed by atoms with E-state index in [4.69, 9.17) is 9.84 Å². The minimum absolute atomic E-state index is 0.189. The average molecular weight is 255 g/mol. The van der Waals surface area contributed by atoms with Crippen molar-refractivity contribution in [2.45, 2.75) is 52.2 Å². The van der Waals surface area contributed by atoms with Gasteiger partial charge in [0.2, 0.25) is 0 Å². The van der Waals surface area contributed by atoms with Gasteiger partial charge in [-0.1, -0.05) is 13.0 Å². The van der Waals surface area contributed by atoms with E-state index in [1.807, 2.05) is 13.0 Å². The van der Waals surface area contributed by atoms with Crippen molar-refractivity contribution in [3.05, 3.63) is 11.6 Å². The molecule has 1 rings (SSSR count). The predicted octanol–water partition coefficient (Wildman–Crippen LogP) is 2.30. The van der Waals surface area contributed by atoms with Crippen molar-refractivity contribution >= 4 is 5.97 Å². The van der Waals surface area contributed by atoms with Gasteiger partial charge in [0.05, 0.1) is 11.2 Å². The van der Waals surface area contributed by atoms with Crippen LogP contribution in [0.3, 0.4) is 0 Å². The summed E-state index contributed by atoms with van der Waals surface area (Å²) in [6.45, 7) is 12.5. The number of carboxylic acids is 1. The third-order valence-corrected chi connectivity index (χ3v) is 3.01. The number of hydrogen-bond acceptors (Lipinski definition) is 3.